The molecule has 0 unspecified atom stereocenters. The van der Waals surface area contributed by atoms with E-state index in [1.807, 2.05) is 56.3 Å². The number of aryl methyl sites for hydroxylation is 1. The molecule has 0 bridgehead atoms. The van der Waals surface area contributed by atoms with Crippen molar-refractivity contribution in [2.75, 3.05) is 6.61 Å². The van der Waals surface area contributed by atoms with Crippen LogP contribution in [0.4, 0.5) is 0 Å². The Balaban J connectivity index is 1.80. The summed E-state index contributed by atoms with van der Waals surface area (Å²) >= 11 is 6.03. The Morgan fingerprint density at radius 2 is 1.92 bits per heavy atom. The summed E-state index contributed by atoms with van der Waals surface area (Å²) in [6, 6.07) is 14.9. The summed E-state index contributed by atoms with van der Waals surface area (Å²) in [4.78, 5) is 23.6. The number of amides is 1. The minimum Gasteiger partial charge on any atom is -0.452 e. The molecule has 0 spiro atoms. The molecule has 25 heavy (non-hydrogen) atoms. The number of esters is 1. The first-order valence-electron chi connectivity index (χ1n) is 7.91. The standard InChI is InChI=1S/C20H20ClNO3/c1-14-8-9-16(12-18(14)21)10-11-20(24)25-13-19(23)22-15(2)17-6-4-3-5-7-17/h3-12,15H,13H2,1-2H3,(H,22,23)/b11-10+/t15-/m1/s1. The highest BCUT2D eigenvalue weighted by atomic mass is 35.5. The molecule has 0 heterocycles. The highest BCUT2D eigenvalue weighted by Gasteiger charge is 2.10. The Labute approximate surface area is 152 Å². The van der Waals surface area contributed by atoms with E-state index >= 15 is 0 Å². The quantitative estimate of drug-likeness (QED) is 0.626. The van der Waals surface area contributed by atoms with Crippen molar-refractivity contribution >= 4 is 29.6 Å². The first-order chi connectivity index (χ1) is 12.0. The molecule has 2 rings (SSSR count). The van der Waals surface area contributed by atoms with E-state index in [4.69, 9.17) is 16.3 Å². The molecular formula is C20H20ClNO3. The van der Waals surface area contributed by atoms with Crippen molar-refractivity contribution in [1.29, 1.82) is 0 Å². The van der Waals surface area contributed by atoms with Crippen molar-refractivity contribution in [2.24, 2.45) is 0 Å². The summed E-state index contributed by atoms with van der Waals surface area (Å²) in [7, 11) is 0. The van der Waals surface area contributed by atoms with Crippen molar-refractivity contribution in [3.63, 3.8) is 0 Å². The van der Waals surface area contributed by atoms with Gasteiger partial charge in [-0.15, -0.1) is 0 Å². The molecule has 1 atom stereocenters. The number of rotatable bonds is 6. The Morgan fingerprint density at radius 3 is 2.60 bits per heavy atom. The van der Waals surface area contributed by atoms with Gasteiger partial charge in [0.2, 0.25) is 0 Å². The van der Waals surface area contributed by atoms with Gasteiger partial charge in [0, 0.05) is 11.1 Å². The SMILES string of the molecule is Cc1ccc(/C=C/C(=O)OCC(=O)N[C@H](C)c2ccccc2)cc1Cl. The summed E-state index contributed by atoms with van der Waals surface area (Å²) in [6.07, 6.45) is 2.87. The van der Waals surface area contributed by atoms with E-state index in [9.17, 15) is 9.59 Å². The van der Waals surface area contributed by atoms with Crippen LogP contribution in [0.5, 0.6) is 0 Å². The second kappa shape index (κ2) is 9.04. The molecule has 5 heteroatoms. The monoisotopic (exact) mass is 357 g/mol. The molecule has 0 aliphatic heterocycles. The molecular weight excluding hydrogens is 338 g/mol. The number of halogens is 1. The van der Waals surface area contributed by atoms with Gasteiger partial charge in [0.05, 0.1) is 6.04 Å². The highest BCUT2D eigenvalue weighted by molar-refractivity contribution is 6.31. The molecule has 0 fully saturated rings. The molecule has 1 amide bonds. The van der Waals surface area contributed by atoms with Gasteiger partial charge in [-0.25, -0.2) is 4.79 Å². The van der Waals surface area contributed by atoms with E-state index in [2.05, 4.69) is 5.32 Å². The summed E-state index contributed by atoms with van der Waals surface area (Å²) in [6.45, 7) is 3.45. The zero-order valence-electron chi connectivity index (χ0n) is 14.2. The van der Waals surface area contributed by atoms with Crippen LogP contribution in [0.25, 0.3) is 6.08 Å². The van der Waals surface area contributed by atoms with Crippen LogP contribution in [0, 0.1) is 6.92 Å². The number of hydrogen-bond donors (Lipinski definition) is 1. The molecule has 0 saturated carbocycles. The summed E-state index contributed by atoms with van der Waals surface area (Å²) in [5, 5.41) is 3.41. The summed E-state index contributed by atoms with van der Waals surface area (Å²) in [5.41, 5.74) is 2.73. The molecule has 2 aromatic rings. The topological polar surface area (TPSA) is 55.4 Å². The van der Waals surface area contributed by atoms with Crippen LogP contribution < -0.4 is 5.32 Å². The molecule has 0 radical (unpaired) electrons. The van der Waals surface area contributed by atoms with E-state index < -0.39 is 5.97 Å². The van der Waals surface area contributed by atoms with Gasteiger partial charge in [0.1, 0.15) is 0 Å². The minimum absolute atomic E-state index is 0.155. The third kappa shape index (κ3) is 6.08. The Kier molecular flexibility index (Phi) is 6.78. The minimum atomic E-state index is -0.584. The average molecular weight is 358 g/mol. The fourth-order valence-electron chi connectivity index (χ4n) is 2.17. The first-order valence-corrected chi connectivity index (χ1v) is 8.29. The average Bonchev–Trinajstić information content (AvgIpc) is 2.61. The van der Waals surface area contributed by atoms with Crippen molar-refractivity contribution in [1.82, 2.24) is 5.32 Å². The van der Waals surface area contributed by atoms with Crippen molar-refractivity contribution in [3.05, 3.63) is 76.3 Å². The zero-order chi connectivity index (χ0) is 18.2. The number of carbonyl (C=O) groups excluding carboxylic acids is 2. The van der Waals surface area contributed by atoms with Crippen molar-refractivity contribution < 1.29 is 14.3 Å². The van der Waals surface area contributed by atoms with Crippen LogP contribution in [-0.2, 0) is 14.3 Å². The summed E-state index contributed by atoms with van der Waals surface area (Å²) in [5.74, 6) is -0.935. The third-order valence-corrected chi connectivity index (χ3v) is 4.04. The maximum absolute atomic E-state index is 11.9. The van der Waals surface area contributed by atoms with Crippen LogP contribution in [0.3, 0.4) is 0 Å². The maximum atomic E-state index is 11.9. The second-order valence-electron chi connectivity index (χ2n) is 5.65. The fraction of sp³-hybridized carbons (Fsp3) is 0.200. The molecule has 0 aliphatic rings. The second-order valence-corrected chi connectivity index (χ2v) is 6.06. The van der Waals surface area contributed by atoms with Crippen LogP contribution in [0.2, 0.25) is 5.02 Å². The van der Waals surface area contributed by atoms with Gasteiger partial charge in [-0.05, 0) is 42.7 Å². The normalized spacial score (nSPS) is 12.0. The molecule has 1 N–H and O–H groups in total. The van der Waals surface area contributed by atoms with E-state index in [0.717, 1.165) is 16.7 Å². The fourth-order valence-corrected chi connectivity index (χ4v) is 2.36. The lowest BCUT2D eigenvalue weighted by atomic mass is 10.1. The van der Waals surface area contributed by atoms with Crippen molar-refractivity contribution in [2.45, 2.75) is 19.9 Å². The number of ether oxygens (including phenoxy) is 1. The third-order valence-electron chi connectivity index (χ3n) is 3.63. The van der Waals surface area contributed by atoms with Gasteiger partial charge in [-0.1, -0.05) is 54.1 Å². The number of nitrogens with one attached hydrogen (secondary N) is 1. The van der Waals surface area contributed by atoms with E-state index in [-0.39, 0.29) is 18.6 Å². The van der Waals surface area contributed by atoms with Gasteiger partial charge in [0.15, 0.2) is 6.61 Å². The van der Waals surface area contributed by atoms with Gasteiger partial charge >= 0.3 is 5.97 Å². The first kappa shape index (κ1) is 18.7. The van der Waals surface area contributed by atoms with E-state index in [0.29, 0.717) is 5.02 Å². The molecule has 4 nitrogen and oxygen atoms in total. The molecule has 0 aliphatic carbocycles. The Morgan fingerprint density at radius 1 is 1.20 bits per heavy atom. The molecule has 0 saturated heterocycles. The van der Waals surface area contributed by atoms with Gasteiger partial charge < -0.3 is 10.1 Å². The van der Waals surface area contributed by atoms with Crippen LogP contribution >= 0.6 is 11.6 Å². The van der Waals surface area contributed by atoms with Gasteiger partial charge in [-0.3, -0.25) is 4.79 Å². The van der Waals surface area contributed by atoms with Crippen LogP contribution in [0.1, 0.15) is 29.7 Å². The van der Waals surface area contributed by atoms with E-state index in [1.165, 1.54) is 6.08 Å². The number of carbonyl (C=O) groups is 2. The zero-order valence-corrected chi connectivity index (χ0v) is 14.9. The van der Waals surface area contributed by atoms with Crippen LogP contribution in [-0.4, -0.2) is 18.5 Å². The Hall–Kier alpha value is -2.59. The lowest BCUT2D eigenvalue weighted by Crippen LogP contribution is -2.30. The lowest BCUT2D eigenvalue weighted by molar-refractivity contribution is -0.144. The molecule has 0 aromatic heterocycles. The smallest absolute Gasteiger partial charge is 0.331 e. The molecule has 2 aromatic carbocycles. The van der Waals surface area contributed by atoms with Crippen molar-refractivity contribution in [3.8, 4) is 0 Å². The number of hydrogen-bond acceptors (Lipinski definition) is 3. The predicted molar refractivity (Wildman–Crippen MR) is 99.2 cm³/mol. The maximum Gasteiger partial charge on any atom is 0.331 e. The Bertz CT molecular complexity index is 772. The highest BCUT2D eigenvalue weighted by Crippen LogP contribution is 2.17. The lowest BCUT2D eigenvalue weighted by Gasteiger charge is -2.13. The largest absolute Gasteiger partial charge is 0.452 e. The summed E-state index contributed by atoms with van der Waals surface area (Å²) < 4.78 is 4.95. The van der Waals surface area contributed by atoms with E-state index in [1.54, 1.807) is 12.1 Å². The predicted octanol–water partition coefficient (Wildman–Crippen LogP) is 4.08. The van der Waals surface area contributed by atoms with Gasteiger partial charge in [0.25, 0.3) is 5.91 Å². The molecule has 130 valence electrons. The van der Waals surface area contributed by atoms with Crippen LogP contribution in [0.15, 0.2) is 54.6 Å². The van der Waals surface area contributed by atoms with Gasteiger partial charge in [-0.2, -0.15) is 0 Å². The number of benzene rings is 2.